The Morgan fingerprint density at radius 3 is 2.76 bits per heavy atom. The molecular weight excluding hydrogens is 210 g/mol. The normalized spacial score (nSPS) is 35.0. The number of hydrogen-bond donors (Lipinski definition) is 1. The van der Waals surface area contributed by atoms with Gasteiger partial charge in [-0.1, -0.05) is 0 Å². The summed E-state index contributed by atoms with van der Waals surface area (Å²) in [4.78, 5) is 0. The monoisotopic (exact) mass is 233 g/mol. The van der Waals surface area contributed by atoms with Gasteiger partial charge in [-0.3, -0.25) is 4.68 Å². The summed E-state index contributed by atoms with van der Waals surface area (Å²) in [6.45, 7) is 6.05. The molecule has 1 aromatic rings. The van der Waals surface area contributed by atoms with Crippen LogP contribution in [0.4, 0.5) is 0 Å². The molecule has 2 aliphatic rings. The lowest BCUT2D eigenvalue weighted by atomic mass is 9.79. The number of nitrogens with two attached hydrogens (primary N) is 1. The smallest absolute Gasteiger partial charge is 0.0596 e. The van der Waals surface area contributed by atoms with Gasteiger partial charge in [0.05, 0.1) is 5.69 Å². The second-order valence-electron chi connectivity index (χ2n) is 6.14. The van der Waals surface area contributed by atoms with Crippen molar-refractivity contribution in [2.24, 2.45) is 23.0 Å². The van der Waals surface area contributed by atoms with Crippen molar-refractivity contribution in [2.45, 2.75) is 46.1 Å². The van der Waals surface area contributed by atoms with Gasteiger partial charge in [-0.25, -0.2) is 0 Å². The van der Waals surface area contributed by atoms with E-state index in [0.717, 1.165) is 37.0 Å². The van der Waals surface area contributed by atoms with Crippen LogP contribution in [0.15, 0.2) is 6.07 Å². The number of aromatic nitrogens is 2. The van der Waals surface area contributed by atoms with Gasteiger partial charge < -0.3 is 5.73 Å². The average Bonchev–Trinajstić information content (AvgIpc) is 2.78. The van der Waals surface area contributed by atoms with Gasteiger partial charge >= 0.3 is 0 Å². The molecule has 2 aliphatic carbocycles. The fourth-order valence-electron chi connectivity index (χ4n) is 3.79. The largest absolute Gasteiger partial charge is 0.330 e. The van der Waals surface area contributed by atoms with E-state index in [1.165, 1.54) is 25.0 Å². The molecule has 94 valence electrons. The first-order valence-corrected chi connectivity index (χ1v) is 6.89. The van der Waals surface area contributed by atoms with Gasteiger partial charge in [0.15, 0.2) is 0 Å². The molecule has 2 saturated carbocycles. The minimum absolute atomic E-state index is 0.382. The zero-order valence-corrected chi connectivity index (χ0v) is 10.9. The summed E-state index contributed by atoms with van der Waals surface area (Å²) in [7, 11) is 0. The maximum atomic E-state index is 6.07. The van der Waals surface area contributed by atoms with E-state index in [2.05, 4.69) is 29.7 Å². The molecule has 3 heteroatoms. The van der Waals surface area contributed by atoms with Crippen LogP contribution in [0.2, 0.25) is 0 Å². The molecule has 0 bridgehead atoms. The van der Waals surface area contributed by atoms with Crippen LogP contribution >= 0.6 is 0 Å². The Morgan fingerprint density at radius 2 is 2.18 bits per heavy atom. The number of rotatable bonds is 4. The summed E-state index contributed by atoms with van der Waals surface area (Å²) in [6.07, 6.45) is 5.29. The summed E-state index contributed by atoms with van der Waals surface area (Å²) < 4.78 is 2.15. The molecule has 2 N–H and O–H groups in total. The molecule has 2 fully saturated rings. The summed E-state index contributed by atoms with van der Waals surface area (Å²) in [5.41, 5.74) is 8.97. The van der Waals surface area contributed by atoms with Crippen molar-refractivity contribution >= 4 is 0 Å². The van der Waals surface area contributed by atoms with Gasteiger partial charge in [-0.2, -0.15) is 5.10 Å². The Morgan fingerprint density at radius 1 is 1.47 bits per heavy atom. The molecule has 0 aromatic carbocycles. The van der Waals surface area contributed by atoms with E-state index < -0.39 is 0 Å². The predicted octanol–water partition coefficient (Wildman–Crippen LogP) is 2.13. The number of fused-ring (bicyclic) bond motifs is 1. The Bertz CT molecular complexity index is 411. The molecule has 1 heterocycles. The second kappa shape index (κ2) is 3.84. The van der Waals surface area contributed by atoms with Gasteiger partial charge in [0, 0.05) is 12.2 Å². The van der Waals surface area contributed by atoms with E-state index >= 15 is 0 Å². The maximum Gasteiger partial charge on any atom is 0.0596 e. The van der Waals surface area contributed by atoms with Gasteiger partial charge in [0.2, 0.25) is 0 Å². The van der Waals surface area contributed by atoms with E-state index in [-0.39, 0.29) is 0 Å². The van der Waals surface area contributed by atoms with E-state index in [4.69, 9.17) is 5.73 Å². The summed E-state index contributed by atoms with van der Waals surface area (Å²) in [6, 6.07) is 2.24. The van der Waals surface area contributed by atoms with Crippen LogP contribution in [-0.4, -0.2) is 16.3 Å². The highest BCUT2D eigenvalue weighted by molar-refractivity contribution is 5.15. The predicted molar refractivity (Wildman–Crippen MR) is 68.7 cm³/mol. The SMILES string of the molecule is CCn1nc(C)cc1CC1(CN)CC2CC2C1. The molecule has 0 radical (unpaired) electrons. The molecule has 17 heavy (non-hydrogen) atoms. The maximum absolute atomic E-state index is 6.07. The van der Waals surface area contributed by atoms with Crippen molar-refractivity contribution in [2.75, 3.05) is 6.54 Å². The Balaban J connectivity index is 1.80. The summed E-state index contributed by atoms with van der Waals surface area (Å²) >= 11 is 0. The summed E-state index contributed by atoms with van der Waals surface area (Å²) in [5.74, 6) is 2.00. The molecule has 0 aliphatic heterocycles. The molecule has 0 saturated heterocycles. The first-order valence-electron chi connectivity index (χ1n) is 6.89. The fourth-order valence-corrected chi connectivity index (χ4v) is 3.79. The molecule has 2 atom stereocenters. The molecule has 1 aromatic heterocycles. The van der Waals surface area contributed by atoms with Gasteiger partial charge in [-0.05, 0) is 69.4 Å². The van der Waals surface area contributed by atoms with Crippen LogP contribution in [0.1, 0.15) is 37.6 Å². The van der Waals surface area contributed by atoms with E-state index in [1.807, 2.05) is 0 Å². The zero-order chi connectivity index (χ0) is 12.0. The quantitative estimate of drug-likeness (QED) is 0.865. The summed E-state index contributed by atoms with van der Waals surface area (Å²) in [5, 5.41) is 4.54. The molecule has 2 unspecified atom stereocenters. The number of hydrogen-bond acceptors (Lipinski definition) is 2. The number of nitrogens with zero attached hydrogens (tertiary/aromatic N) is 2. The van der Waals surface area contributed by atoms with Crippen molar-refractivity contribution in [3.05, 3.63) is 17.5 Å². The van der Waals surface area contributed by atoms with Crippen molar-refractivity contribution in [1.29, 1.82) is 0 Å². The Hall–Kier alpha value is -0.830. The molecule has 3 nitrogen and oxygen atoms in total. The third-order valence-electron chi connectivity index (χ3n) is 4.73. The lowest BCUT2D eigenvalue weighted by Crippen LogP contribution is -2.32. The van der Waals surface area contributed by atoms with Gasteiger partial charge in [0.1, 0.15) is 0 Å². The number of aryl methyl sites for hydroxylation is 2. The highest BCUT2D eigenvalue weighted by atomic mass is 15.3. The van der Waals surface area contributed by atoms with Crippen molar-refractivity contribution < 1.29 is 0 Å². The van der Waals surface area contributed by atoms with Crippen LogP contribution in [0.3, 0.4) is 0 Å². The zero-order valence-electron chi connectivity index (χ0n) is 10.9. The van der Waals surface area contributed by atoms with Crippen molar-refractivity contribution in [3.63, 3.8) is 0 Å². The minimum atomic E-state index is 0.382. The van der Waals surface area contributed by atoms with Crippen LogP contribution in [0.25, 0.3) is 0 Å². The fraction of sp³-hybridized carbons (Fsp3) is 0.786. The van der Waals surface area contributed by atoms with E-state index in [9.17, 15) is 0 Å². The van der Waals surface area contributed by atoms with E-state index in [0.29, 0.717) is 5.41 Å². The average molecular weight is 233 g/mol. The van der Waals surface area contributed by atoms with Crippen molar-refractivity contribution in [3.8, 4) is 0 Å². The third-order valence-corrected chi connectivity index (χ3v) is 4.73. The Kier molecular flexibility index (Phi) is 2.54. The Labute approximate surface area is 103 Å². The van der Waals surface area contributed by atoms with Gasteiger partial charge in [-0.15, -0.1) is 0 Å². The first-order chi connectivity index (χ1) is 8.15. The first kappa shape index (κ1) is 11.3. The molecule has 0 amide bonds. The van der Waals surface area contributed by atoms with E-state index in [1.54, 1.807) is 0 Å². The van der Waals surface area contributed by atoms with Crippen LogP contribution in [0, 0.1) is 24.2 Å². The van der Waals surface area contributed by atoms with Gasteiger partial charge in [0.25, 0.3) is 0 Å². The van der Waals surface area contributed by atoms with Crippen molar-refractivity contribution in [1.82, 2.24) is 9.78 Å². The third kappa shape index (κ3) is 1.90. The lowest BCUT2D eigenvalue weighted by molar-refractivity contribution is 0.266. The standard InChI is InChI=1S/C14H23N3/c1-3-17-13(4-10(2)16-17)8-14(9-15)6-11-5-12(11)7-14/h4,11-12H,3,5-9,15H2,1-2H3. The van der Waals surface area contributed by atoms with Crippen LogP contribution in [-0.2, 0) is 13.0 Å². The van der Waals surface area contributed by atoms with Crippen LogP contribution < -0.4 is 5.73 Å². The van der Waals surface area contributed by atoms with Crippen LogP contribution in [0.5, 0.6) is 0 Å². The molecule has 3 rings (SSSR count). The topological polar surface area (TPSA) is 43.8 Å². The highest BCUT2D eigenvalue weighted by Crippen LogP contribution is 2.60. The molecule has 0 spiro atoms. The lowest BCUT2D eigenvalue weighted by Gasteiger charge is -2.29. The second-order valence-corrected chi connectivity index (χ2v) is 6.14. The highest BCUT2D eigenvalue weighted by Gasteiger charge is 2.53. The molecular formula is C14H23N3. The minimum Gasteiger partial charge on any atom is -0.330 e.